The summed E-state index contributed by atoms with van der Waals surface area (Å²) in [7, 11) is 0. The van der Waals surface area contributed by atoms with Crippen molar-refractivity contribution in [2.75, 3.05) is 88.5 Å². The zero-order valence-corrected chi connectivity index (χ0v) is 40.4. The lowest BCUT2D eigenvalue weighted by Gasteiger charge is -2.48. The molecule has 0 bridgehead atoms. The van der Waals surface area contributed by atoms with E-state index >= 15 is 8.78 Å². The second-order valence-electron chi connectivity index (χ2n) is 21.3. The molecule has 2 N–H and O–H groups in total. The fraction of sp³-hybridized carbons (Fsp3) is 0.519. The van der Waals surface area contributed by atoms with Gasteiger partial charge in [0.05, 0.1) is 24.2 Å². The smallest absolute Gasteiger partial charge is 0.319 e. The number of piperidine rings is 3. The van der Waals surface area contributed by atoms with Gasteiger partial charge < -0.3 is 34.2 Å². The number of piperazine rings is 1. The number of fused-ring (bicyclic) bond motifs is 3. The number of aromatic nitrogens is 3. The van der Waals surface area contributed by atoms with Crippen LogP contribution in [0.25, 0.3) is 32.9 Å². The van der Waals surface area contributed by atoms with E-state index < -0.39 is 23.6 Å². The number of nitrogens with one attached hydrogen (secondary N) is 1. The molecule has 372 valence electrons. The molecule has 7 aliphatic rings. The zero-order valence-electron chi connectivity index (χ0n) is 40.4. The minimum absolute atomic E-state index is 0.0199. The number of likely N-dealkylation sites (tertiary alicyclic amines) is 1. The number of phenols is 1. The van der Waals surface area contributed by atoms with E-state index in [1.807, 2.05) is 19.1 Å². The maximum atomic E-state index is 17.2. The number of hydrogen-bond acceptors (Lipinski definition) is 13. The third-order valence-corrected chi connectivity index (χ3v) is 16.7. The number of halogens is 2. The van der Waals surface area contributed by atoms with Crippen molar-refractivity contribution in [2.45, 2.75) is 89.3 Å². The van der Waals surface area contributed by atoms with E-state index in [2.05, 4.69) is 36.0 Å². The van der Waals surface area contributed by atoms with E-state index in [-0.39, 0.29) is 52.2 Å². The molecule has 2 atom stereocenters. The molecule has 71 heavy (non-hydrogen) atoms. The number of ether oxygens (including phenoxy) is 2. The summed E-state index contributed by atoms with van der Waals surface area (Å²) in [6, 6.07) is 11.5. The molecule has 2 aromatic heterocycles. The Kier molecular flexibility index (Phi) is 11.8. The molecule has 15 nitrogen and oxygen atoms in total. The molecule has 8 heterocycles. The van der Waals surface area contributed by atoms with Gasteiger partial charge in [0.25, 0.3) is 5.91 Å². The molecule has 17 heteroatoms. The van der Waals surface area contributed by atoms with E-state index in [9.17, 15) is 19.5 Å². The van der Waals surface area contributed by atoms with Crippen LogP contribution in [0, 0.1) is 23.0 Å². The van der Waals surface area contributed by atoms with Gasteiger partial charge in [0.15, 0.2) is 5.82 Å². The Morgan fingerprint density at radius 2 is 1.70 bits per heavy atom. The molecule has 6 aliphatic heterocycles. The number of benzene rings is 3. The van der Waals surface area contributed by atoms with Crippen molar-refractivity contribution in [1.29, 1.82) is 0 Å². The third kappa shape index (κ3) is 8.70. The first-order valence-electron chi connectivity index (χ1n) is 25.7. The summed E-state index contributed by atoms with van der Waals surface area (Å²) in [5, 5.41) is 14.7. The number of anilines is 2. The highest BCUT2D eigenvalue weighted by molar-refractivity contribution is 6.06. The quantitative estimate of drug-likeness (QED) is 0.129. The number of aryl methyl sites for hydroxylation is 1. The highest BCUT2D eigenvalue weighted by Gasteiger charge is 2.46. The molecule has 1 aliphatic carbocycles. The summed E-state index contributed by atoms with van der Waals surface area (Å²) in [5.41, 5.74) is 3.17. The van der Waals surface area contributed by atoms with Crippen LogP contribution in [0.15, 0.2) is 48.7 Å². The van der Waals surface area contributed by atoms with Crippen LogP contribution in [0.5, 0.6) is 11.8 Å². The normalized spacial score (nSPS) is 24.0. The first-order valence-corrected chi connectivity index (χ1v) is 25.7. The molecule has 1 spiro atoms. The number of carbonyl (C=O) groups excluding carboxylic acids is 3. The Morgan fingerprint density at radius 3 is 2.45 bits per heavy atom. The van der Waals surface area contributed by atoms with Gasteiger partial charge in [0, 0.05) is 100 Å². The minimum Gasteiger partial charge on any atom is -0.508 e. The number of carbonyl (C=O) groups is 3. The summed E-state index contributed by atoms with van der Waals surface area (Å²) in [4.78, 5) is 63.2. The first-order chi connectivity index (χ1) is 34.4. The molecule has 5 aromatic rings. The Labute approximate surface area is 411 Å². The Balaban J connectivity index is 0.687. The van der Waals surface area contributed by atoms with Crippen molar-refractivity contribution in [3.63, 3.8) is 0 Å². The topological polar surface area (TPSA) is 157 Å². The van der Waals surface area contributed by atoms with Crippen molar-refractivity contribution in [1.82, 2.24) is 35.0 Å². The molecule has 0 unspecified atom stereocenters. The van der Waals surface area contributed by atoms with Crippen LogP contribution in [0.1, 0.15) is 86.2 Å². The van der Waals surface area contributed by atoms with Crippen molar-refractivity contribution >= 4 is 50.9 Å². The fourth-order valence-electron chi connectivity index (χ4n) is 12.4. The lowest BCUT2D eigenvalue weighted by atomic mass is 9.86. The van der Waals surface area contributed by atoms with Crippen molar-refractivity contribution in [2.24, 2.45) is 11.3 Å². The SMILES string of the molecule is CCc1c(F)ccc2cc(O)cc(-c3ncc4c(N5CCC[C@]6(CCO6)C5)nc(OCC5(CN6CCC(CN7CCN(c8ccc9c(c8)CN([C@H]8CCC(=O)NC8=O)C9=O)CC7)CC6)CC5)nc4c3F)c12. The molecule has 6 fully saturated rings. The van der Waals surface area contributed by atoms with Crippen LogP contribution in [0.2, 0.25) is 0 Å². The first kappa shape index (κ1) is 46.1. The van der Waals surface area contributed by atoms with E-state index in [1.165, 1.54) is 12.1 Å². The summed E-state index contributed by atoms with van der Waals surface area (Å²) in [6.45, 7) is 12.5. The van der Waals surface area contributed by atoms with Gasteiger partial charge in [-0.05, 0) is 129 Å². The summed E-state index contributed by atoms with van der Waals surface area (Å²) in [6.07, 6.45) is 9.74. The van der Waals surface area contributed by atoms with E-state index in [0.29, 0.717) is 77.1 Å². The monoisotopic (exact) mass is 969 g/mol. The van der Waals surface area contributed by atoms with Crippen LogP contribution >= 0.6 is 0 Å². The maximum Gasteiger partial charge on any atom is 0.319 e. The number of phenolic OH excluding ortho intramolecular Hbond substituents is 1. The van der Waals surface area contributed by atoms with Crippen molar-refractivity contribution in [3.8, 4) is 23.0 Å². The Hall–Kier alpha value is -6.04. The molecule has 12 rings (SSSR count). The fourth-order valence-corrected chi connectivity index (χ4v) is 12.4. The molecule has 5 saturated heterocycles. The lowest BCUT2D eigenvalue weighted by molar-refractivity contribution is -0.151. The second-order valence-corrected chi connectivity index (χ2v) is 21.3. The van der Waals surface area contributed by atoms with E-state index in [4.69, 9.17) is 19.4 Å². The predicted molar refractivity (Wildman–Crippen MR) is 263 cm³/mol. The number of aromatic hydroxyl groups is 1. The van der Waals surface area contributed by atoms with Gasteiger partial charge in [-0.1, -0.05) is 13.0 Å². The largest absolute Gasteiger partial charge is 0.508 e. The van der Waals surface area contributed by atoms with Crippen LogP contribution in [0.4, 0.5) is 20.3 Å². The summed E-state index contributed by atoms with van der Waals surface area (Å²) < 4.78 is 45.1. The van der Waals surface area contributed by atoms with Gasteiger partial charge >= 0.3 is 6.01 Å². The van der Waals surface area contributed by atoms with Crippen LogP contribution < -0.4 is 19.9 Å². The van der Waals surface area contributed by atoms with Gasteiger partial charge in [-0.15, -0.1) is 0 Å². The summed E-state index contributed by atoms with van der Waals surface area (Å²) >= 11 is 0. The Bertz CT molecular complexity index is 2950. The summed E-state index contributed by atoms with van der Waals surface area (Å²) in [5.74, 6) is -0.777. The lowest BCUT2D eigenvalue weighted by Crippen LogP contribution is -2.56. The van der Waals surface area contributed by atoms with Gasteiger partial charge in [-0.2, -0.15) is 9.97 Å². The average Bonchev–Trinajstić information content (AvgIpc) is 4.06. The Morgan fingerprint density at radius 1 is 0.887 bits per heavy atom. The molecule has 3 amide bonds. The number of pyridine rings is 1. The molecular weight excluding hydrogens is 909 g/mol. The number of imide groups is 1. The minimum atomic E-state index is -0.675. The number of rotatable bonds is 12. The number of amides is 3. The molecule has 0 radical (unpaired) electrons. The van der Waals surface area contributed by atoms with Crippen molar-refractivity contribution < 1.29 is 37.7 Å². The average molecular weight is 970 g/mol. The van der Waals surface area contributed by atoms with Gasteiger partial charge in [-0.3, -0.25) is 29.6 Å². The standard InChI is InChI=1S/C54H61F2N9O6/c1-2-38-42(55)7-4-34-25-37(66)26-40(45(34)38)47-46(56)48-41(27-57-47)49(64-16-3-12-54(31-64)15-23-71-54)60-52(59-48)70-32-53(13-14-53)30-62-17-10-33(11-18-62)28-61-19-21-63(22-20-61)36-5-6-39-35(24-36)29-65(51(39)69)43-8-9-44(67)58-50(43)68/h4-7,24-27,33,43,66H,2-3,8-23,28-32H2,1H3,(H,58,67,68)/t43-,54-/m0/s1. The molecule has 3 aromatic carbocycles. The van der Waals surface area contributed by atoms with Crippen molar-refractivity contribution in [3.05, 3.63) is 77.0 Å². The maximum absolute atomic E-state index is 17.2. The molecular formula is C54H61F2N9O6. The zero-order chi connectivity index (χ0) is 48.6. The highest BCUT2D eigenvalue weighted by atomic mass is 19.1. The van der Waals surface area contributed by atoms with E-state index in [1.54, 1.807) is 23.2 Å². The van der Waals surface area contributed by atoms with Gasteiger partial charge in [0.2, 0.25) is 11.8 Å². The third-order valence-electron chi connectivity index (χ3n) is 16.7. The van der Waals surface area contributed by atoms with E-state index in [0.717, 1.165) is 122 Å². The highest BCUT2D eigenvalue weighted by Crippen LogP contribution is 2.48. The molecule has 1 saturated carbocycles. The van der Waals surface area contributed by atoms with Crippen LogP contribution in [-0.4, -0.2) is 143 Å². The van der Waals surface area contributed by atoms with Crippen LogP contribution in [-0.2, 0) is 27.3 Å². The second kappa shape index (κ2) is 18.2. The van der Waals surface area contributed by atoms with Crippen LogP contribution in [0.3, 0.4) is 0 Å². The predicted octanol–water partition coefficient (Wildman–Crippen LogP) is 6.60. The number of hydrogen-bond donors (Lipinski definition) is 2. The van der Waals surface area contributed by atoms with Gasteiger partial charge in [0.1, 0.15) is 34.6 Å². The van der Waals surface area contributed by atoms with Gasteiger partial charge in [-0.25, -0.2) is 8.78 Å². The number of nitrogens with zero attached hydrogens (tertiary/aromatic N) is 8.